The van der Waals surface area contributed by atoms with Crippen molar-refractivity contribution < 1.29 is 0 Å². The molecule has 0 aromatic carbocycles. The average molecular weight is 184 g/mol. The lowest BCUT2D eigenvalue weighted by Gasteiger charge is -2.14. The van der Waals surface area contributed by atoms with Gasteiger partial charge in [-0.1, -0.05) is 12.2 Å². The average Bonchev–Trinajstić information content (AvgIpc) is 2.26. The van der Waals surface area contributed by atoms with Crippen LogP contribution in [0.15, 0.2) is 12.2 Å². The molecule has 1 aromatic heterocycles. The summed E-state index contributed by atoms with van der Waals surface area (Å²) in [5.41, 5.74) is 4.51. The van der Waals surface area contributed by atoms with Crippen LogP contribution in [0.1, 0.15) is 35.6 Å². The molecule has 0 atom stereocenters. The second-order valence-electron chi connectivity index (χ2n) is 3.77. The summed E-state index contributed by atoms with van der Waals surface area (Å²) in [5, 5.41) is 0. The lowest BCUT2D eigenvalue weighted by atomic mass is 10.0. The third kappa shape index (κ3) is 1.18. The summed E-state index contributed by atoms with van der Waals surface area (Å²) in [6.45, 7) is 0. The van der Waals surface area contributed by atoms with Crippen molar-refractivity contribution in [2.75, 3.05) is 0 Å². The SMILES string of the molecule is C1=Cc2nc3c(nc2CC1)C=CCC3. The Morgan fingerprint density at radius 2 is 1.29 bits per heavy atom. The van der Waals surface area contributed by atoms with Gasteiger partial charge in [-0.3, -0.25) is 0 Å². The van der Waals surface area contributed by atoms with Gasteiger partial charge in [0, 0.05) is 0 Å². The molecular weight excluding hydrogens is 172 g/mol. The van der Waals surface area contributed by atoms with Crippen LogP contribution in [0.2, 0.25) is 0 Å². The molecule has 0 unspecified atom stereocenters. The molecule has 14 heavy (non-hydrogen) atoms. The van der Waals surface area contributed by atoms with Gasteiger partial charge in [0.2, 0.25) is 0 Å². The minimum atomic E-state index is 1.04. The Morgan fingerprint density at radius 1 is 0.786 bits per heavy atom. The molecule has 0 N–H and O–H groups in total. The van der Waals surface area contributed by atoms with Gasteiger partial charge in [0.25, 0.3) is 0 Å². The first-order valence-electron chi connectivity index (χ1n) is 5.16. The zero-order valence-electron chi connectivity index (χ0n) is 8.03. The van der Waals surface area contributed by atoms with Crippen molar-refractivity contribution in [3.63, 3.8) is 0 Å². The highest BCUT2D eigenvalue weighted by Crippen LogP contribution is 2.21. The number of aromatic nitrogens is 2. The Bertz CT molecular complexity index is 388. The molecule has 70 valence electrons. The summed E-state index contributed by atoms with van der Waals surface area (Å²) >= 11 is 0. The van der Waals surface area contributed by atoms with E-state index in [2.05, 4.69) is 34.3 Å². The molecule has 0 fully saturated rings. The van der Waals surface area contributed by atoms with E-state index in [0.717, 1.165) is 48.5 Å². The molecule has 3 rings (SSSR count). The second-order valence-corrected chi connectivity index (χ2v) is 3.77. The van der Waals surface area contributed by atoms with Crippen LogP contribution in [0.4, 0.5) is 0 Å². The predicted octanol–water partition coefficient (Wildman–Crippen LogP) is 2.40. The van der Waals surface area contributed by atoms with Crippen molar-refractivity contribution in [3.05, 3.63) is 34.9 Å². The standard InChI is InChI=1S/C12H12N2/c1-2-6-10-9(5-1)13-11-7-3-4-8-12(11)14-10/h1,4-5,8H,2-3,6-7H2. The van der Waals surface area contributed by atoms with E-state index in [-0.39, 0.29) is 0 Å². The van der Waals surface area contributed by atoms with Crippen LogP contribution in [0.3, 0.4) is 0 Å². The van der Waals surface area contributed by atoms with Crippen molar-refractivity contribution in [2.24, 2.45) is 0 Å². The maximum absolute atomic E-state index is 4.65. The fourth-order valence-corrected chi connectivity index (χ4v) is 2.00. The van der Waals surface area contributed by atoms with Crippen molar-refractivity contribution >= 4 is 12.2 Å². The Balaban J connectivity index is 2.18. The molecule has 0 bridgehead atoms. The third-order valence-electron chi connectivity index (χ3n) is 2.75. The van der Waals surface area contributed by atoms with Gasteiger partial charge in [-0.25, -0.2) is 9.97 Å². The van der Waals surface area contributed by atoms with Crippen LogP contribution in [0.5, 0.6) is 0 Å². The molecule has 0 aliphatic heterocycles. The summed E-state index contributed by atoms with van der Waals surface area (Å²) in [6, 6.07) is 0. The fraction of sp³-hybridized carbons (Fsp3) is 0.333. The highest BCUT2D eigenvalue weighted by Gasteiger charge is 2.13. The van der Waals surface area contributed by atoms with E-state index in [9.17, 15) is 0 Å². The van der Waals surface area contributed by atoms with E-state index < -0.39 is 0 Å². The molecule has 0 saturated carbocycles. The molecule has 2 heteroatoms. The van der Waals surface area contributed by atoms with Crippen LogP contribution >= 0.6 is 0 Å². The predicted molar refractivity (Wildman–Crippen MR) is 56.7 cm³/mol. The van der Waals surface area contributed by atoms with Gasteiger partial charge < -0.3 is 0 Å². The number of aryl methyl sites for hydroxylation is 2. The molecule has 1 heterocycles. The van der Waals surface area contributed by atoms with Crippen molar-refractivity contribution in [3.8, 4) is 0 Å². The lowest BCUT2D eigenvalue weighted by Crippen LogP contribution is -2.08. The second kappa shape index (κ2) is 3.05. The summed E-state index contributed by atoms with van der Waals surface area (Å²) in [6.07, 6.45) is 12.9. The zero-order valence-corrected chi connectivity index (χ0v) is 8.03. The van der Waals surface area contributed by atoms with Gasteiger partial charge >= 0.3 is 0 Å². The van der Waals surface area contributed by atoms with Gasteiger partial charge in [-0.2, -0.15) is 0 Å². The monoisotopic (exact) mass is 184 g/mol. The van der Waals surface area contributed by atoms with Gasteiger partial charge in [0.15, 0.2) is 0 Å². The molecule has 0 spiro atoms. The van der Waals surface area contributed by atoms with Crippen molar-refractivity contribution in [2.45, 2.75) is 25.7 Å². The van der Waals surface area contributed by atoms with E-state index in [0.29, 0.717) is 0 Å². The van der Waals surface area contributed by atoms with Crippen LogP contribution in [0.25, 0.3) is 12.2 Å². The molecule has 0 saturated heterocycles. The smallest absolute Gasteiger partial charge is 0.0845 e. The third-order valence-corrected chi connectivity index (χ3v) is 2.75. The topological polar surface area (TPSA) is 25.8 Å². The molecule has 0 amide bonds. The number of rotatable bonds is 0. The van der Waals surface area contributed by atoms with E-state index in [1.165, 1.54) is 0 Å². The van der Waals surface area contributed by atoms with Gasteiger partial charge in [0.1, 0.15) is 0 Å². The molecular formula is C12H12N2. The number of nitrogens with zero attached hydrogens (tertiary/aromatic N) is 2. The number of fused-ring (bicyclic) bond motifs is 2. The van der Waals surface area contributed by atoms with E-state index in [1.54, 1.807) is 0 Å². The Morgan fingerprint density at radius 3 is 1.79 bits per heavy atom. The van der Waals surface area contributed by atoms with Crippen LogP contribution in [-0.4, -0.2) is 9.97 Å². The first-order chi connectivity index (χ1) is 6.93. The van der Waals surface area contributed by atoms with Gasteiger partial charge in [-0.15, -0.1) is 0 Å². The Kier molecular flexibility index (Phi) is 1.72. The molecule has 0 radical (unpaired) electrons. The Hall–Kier alpha value is -1.44. The molecule has 2 aliphatic carbocycles. The molecule has 2 aliphatic rings. The van der Waals surface area contributed by atoms with Gasteiger partial charge in [0.05, 0.1) is 22.8 Å². The number of hydrogen-bond acceptors (Lipinski definition) is 2. The van der Waals surface area contributed by atoms with Crippen LogP contribution < -0.4 is 0 Å². The van der Waals surface area contributed by atoms with Crippen molar-refractivity contribution in [1.29, 1.82) is 0 Å². The number of hydrogen-bond donors (Lipinski definition) is 0. The number of allylic oxidation sites excluding steroid dienone is 2. The maximum atomic E-state index is 4.65. The molecule has 2 nitrogen and oxygen atoms in total. The summed E-state index contributed by atoms with van der Waals surface area (Å²) in [7, 11) is 0. The van der Waals surface area contributed by atoms with E-state index in [1.807, 2.05) is 0 Å². The van der Waals surface area contributed by atoms with Crippen LogP contribution in [-0.2, 0) is 12.8 Å². The largest absolute Gasteiger partial charge is 0.249 e. The Labute approximate surface area is 83.4 Å². The highest BCUT2D eigenvalue weighted by atomic mass is 14.8. The minimum Gasteiger partial charge on any atom is -0.249 e. The quantitative estimate of drug-likeness (QED) is 0.618. The van der Waals surface area contributed by atoms with Crippen molar-refractivity contribution in [1.82, 2.24) is 9.97 Å². The van der Waals surface area contributed by atoms with E-state index in [4.69, 9.17) is 0 Å². The molecule has 1 aromatic rings. The van der Waals surface area contributed by atoms with Crippen LogP contribution in [0, 0.1) is 0 Å². The maximum Gasteiger partial charge on any atom is 0.0845 e. The van der Waals surface area contributed by atoms with E-state index >= 15 is 0 Å². The zero-order chi connectivity index (χ0) is 9.38. The fourth-order valence-electron chi connectivity index (χ4n) is 2.00. The summed E-state index contributed by atoms with van der Waals surface area (Å²) < 4.78 is 0. The first-order valence-corrected chi connectivity index (χ1v) is 5.16. The highest BCUT2D eigenvalue weighted by molar-refractivity contribution is 5.56. The minimum absolute atomic E-state index is 1.04. The summed E-state index contributed by atoms with van der Waals surface area (Å²) in [5.74, 6) is 0. The first kappa shape index (κ1) is 7.92. The normalized spacial score (nSPS) is 17.7. The summed E-state index contributed by atoms with van der Waals surface area (Å²) in [4.78, 5) is 9.31. The van der Waals surface area contributed by atoms with Gasteiger partial charge in [-0.05, 0) is 37.8 Å². The lowest BCUT2D eigenvalue weighted by molar-refractivity contribution is 0.840.